The van der Waals surface area contributed by atoms with E-state index in [9.17, 15) is 18.0 Å². The Labute approximate surface area is 146 Å². The van der Waals surface area contributed by atoms with Crippen molar-refractivity contribution in [2.75, 3.05) is 5.32 Å². The van der Waals surface area contributed by atoms with E-state index in [0.29, 0.717) is 17.4 Å². The third-order valence-electron chi connectivity index (χ3n) is 3.56. The molecule has 1 N–H and O–H groups in total. The van der Waals surface area contributed by atoms with Crippen LogP contribution in [-0.4, -0.2) is 11.1 Å². The Kier molecular flexibility index (Phi) is 4.92. The van der Waals surface area contributed by atoms with Crippen LogP contribution in [0, 0.1) is 24.4 Å². The largest absolute Gasteiger partial charge is 0.489 e. The molecule has 0 atom stereocenters. The van der Waals surface area contributed by atoms with Gasteiger partial charge in [0.2, 0.25) is 0 Å². The average Bonchev–Trinajstić information content (AvgIpc) is 2.96. The highest BCUT2D eigenvalue weighted by Crippen LogP contribution is 2.21. The minimum absolute atomic E-state index is 0.104. The van der Waals surface area contributed by atoms with Crippen LogP contribution >= 0.6 is 0 Å². The molecule has 0 aliphatic heterocycles. The van der Waals surface area contributed by atoms with Crippen LogP contribution in [0.3, 0.4) is 0 Å². The second kappa shape index (κ2) is 7.30. The van der Waals surface area contributed by atoms with Gasteiger partial charge in [-0.25, -0.2) is 13.2 Å². The van der Waals surface area contributed by atoms with E-state index in [0.717, 1.165) is 12.1 Å². The Morgan fingerprint density at radius 1 is 1.15 bits per heavy atom. The van der Waals surface area contributed by atoms with Crippen molar-refractivity contribution < 1.29 is 27.2 Å². The third-order valence-corrected chi connectivity index (χ3v) is 3.56. The monoisotopic (exact) mass is 362 g/mol. The number of amides is 1. The molecule has 0 saturated heterocycles. The molecule has 3 aromatic rings. The Bertz CT molecular complexity index is 957. The van der Waals surface area contributed by atoms with Gasteiger partial charge < -0.3 is 14.6 Å². The summed E-state index contributed by atoms with van der Waals surface area (Å²) in [6.07, 6.45) is 0. The number of halogens is 3. The van der Waals surface area contributed by atoms with Crippen molar-refractivity contribution in [2.24, 2.45) is 0 Å². The standard InChI is InChI=1S/C18H13F3N2O3/c1-10-14(9-25-13-4-2-3-11(19)7-13)17(23-26-10)18(24)22-16-6-5-12(20)8-15(16)21/h2-8H,9H2,1H3,(H,22,24). The molecule has 0 radical (unpaired) electrons. The number of carbonyl (C=O) groups is 1. The molecule has 0 saturated carbocycles. The van der Waals surface area contributed by atoms with E-state index in [-0.39, 0.29) is 23.7 Å². The number of nitrogens with zero attached hydrogens (tertiary/aromatic N) is 1. The molecule has 0 fully saturated rings. The molecule has 1 aromatic heterocycles. The van der Waals surface area contributed by atoms with Crippen LogP contribution in [0.5, 0.6) is 5.75 Å². The number of hydrogen-bond acceptors (Lipinski definition) is 4. The minimum Gasteiger partial charge on any atom is -0.489 e. The van der Waals surface area contributed by atoms with Crippen molar-refractivity contribution >= 4 is 11.6 Å². The number of ether oxygens (including phenoxy) is 1. The van der Waals surface area contributed by atoms with Gasteiger partial charge in [0, 0.05) is 12.1 Å². The molecule has 1 heterocycles. The maximum Gasteiger partial charge on any atom is 0.278 e. The van der Waals surface area contributed by atoms with Crippen molar-refractivity contribution in [3.63, 3.8) is 0 Å². The molecule has 1 amide bonds. The smallest absolute Gasteiger partial charge is 0.278 e. The van der Waals surface area contributed by atoms with Crippen molar-refractivity contribution in [3.8, 4) is 5.75 Å². The fourth-order valence-electron chi connectivity index (χ4n) is 2.22. The minimum atomic E-state index is -0.920. The summed E-state index contributed by atoms with van der Waals surface area (Å²) in [5, 5.41) is 5.95. The first-order valence-electron chi connectivity index (χ1n) is 7.54. The molecule has 0 spiro atoms. The Balaban J connectivity index is 1.77. The lowest BCUT2D eigenvalue weighted by Gasteiger charge is -2.08. The van der Waals surface area contributed by atoms with Gasteiger partial charge >= 0.3 is 0 Å². The Hall–Kier alpha value is -3.29. The van der Waals surface area contributed by atoms with Gasteiger partial charge in [-0.2, -0.15) is 0 Å². The second-order valence-electron chi connectivity index (χ2n) is 5.39. The lowest BCUT2D eigenvalue weighted by Crippen LogP contribution is -2.16. The molecule has 0 unspecified atom stereocenters. The van der Waals surface area contributed by atoms with E-state index < -0.39 is 23.4 Å². The quantitative estimate of drug-likeness (QED) is 0.738. The summed E-state index contributed by atoms with van der Waals surface area (Å²) in [4.78, 5) is 12.3. The first kappa shape index (κ1) is 17.5. The van der Waals surface area contributed by atoms with Crippen LogP contribution < -0.4 is 10.1 Å². The SMILES string of the molecule is Cc1onc(C(=O)Nc2ccc(F)cc2F)c1COc1cccc(F)c1. The van der Waals surface area contributed by atoms with Crippen LogP contribution in [0.4, 0.5) is 18.9 Å². The molecule has 0 bridgehead atoms. The molecule has 26 heavy (non-hydrogen) atoms. The van der Waals surface area contributed by atoms with E-state index in [2.05, 4.69) is 10.5 Å². The van der Waals surface area contributed by atoms with E-state index in [1.807, 2.05) is 0 Å². The van der Waals surface area contributed by atoms with E-state index in [1.54, 1.807) is 13.0 Å². The molecule has 2 aromatic carbocycles. The van der Waals surface area contributed by atoms with Crippen molar-refractivity contribution in [3.05, 3.63) is 76.9 Å². The number of aryl methyl sites for hydroxylation is 1. The lowest BCUT2D eigenvalue weighted by atomic mass is 10.2. The summed E-state index contributed by atoms with van der Waals surface area (Å²) in [6.45, 7) is 1.47. The highest BCUT2D eigenvalue weighted by molar-refractivity contribution is 6.03. The third kappa shape index (κ3) is 3.85. The normalized spacial score (nSPS) is 10.6. The van der Waals surface area contributed by atoms with Crippen LogP contribution in [0.25, 0.3) is 0 Å². The molecular formula is C18H13F3N2O3. The zero-order valence-electron chi connectivity index (χ0n) is 13.6. The molecule has 5 nitrogen and oxygen atoms in total. The first-order valence-corrected chi connectivity index (χ1v) is 7.54. The second-order valence-corrected chi connectivity index (χ2v) is 5.39. The lowest BCUT2D eigenvalue weighted by molar-refractivity contribution is 0.101. The van der Waals surface area contributed by atoms with Gasteiger partial charge in [0.05, 0.1) is 11.3 Å². The molecule has 0 aliphatic rings. The Morgan fingerprint density at radius 2 is 1.92 bits per heavy atom. The summed E-state index contributed by atoms with van der Waals surface area (Å²) >= 11 is 0. The van der Waals surface area contributed by atoms with E-state index in [1.165, 1.54) is 18.2 Å². The van der Waals surface area contributed by atoms with Crippen molar-refractivity contribution in [1.82, 2.24) is 5.16 Å². The van der Waals surface area contributed by atoms with Gasteiger partial charge in [-0.15, -0.1) is 0 Å². The van der Waals surface area contributed by atoms with E-state index >= 15 is 0 Å². The Morgan fingerprint density at radius 3 is 2.65 bits per heavy atom. The molecule has 0 aliphatic carbocycles. The zero-order chi connectivity index (χ0) is 18.7. The highest BCUT2D eigenvalue weighted by atomic mass is 19.1. The maximum atomic E-state index is 13.7. The van der Waals surface area contributed by atoms with Gasteiger partial charge in [0.15, 0.2) is 5.69 Å². The highest BCUT2D eigenvalue weighted by Gasteiger charge is 2.21. The molecule has 8 heteroatoms. The summed E-state index contributed by atoms with van der Waals surface area (Å²) in [7, 11) is 0. The van der Waals surface area contributed by atoms with Gasteiger partial charge in [-0.3, -0.25) is 4.79 Å². The maximum absolute atomic E-state index is 13.7. The van der Waals surface area contributed by atoms with Crippen LogP contribution in [-0.2, 0) is 6.61 Å². The topological polar surface area (TPSA) is 64.4 Å². The van der Waals surface area contributed by atoms with E-state index in [4.69, 9.17) is 9.26 Å². The number of anilines is 1. The van der Waals surface area contributed by atoms with Crippen LogP contribution in [0.15, 0.2) is 47.0 Å². The van der Waals surface area contributed by atoms with Gasteiger partial charge in [-0.1, -0.05) is 11.2 Å². The van der Waals surface area contributed by atoms with Gasteiger partial charge in [-0.05, 0) is 31.2 Å². The van der Waals surface area contributed by atoms with Crippen LogP contribution in [0.2, 0.25) is 0 Å². The number of hydrogen-bond donors (Lipinski definition) is 1. The molecule has 134 valence electrons. The average molecular weight is 362 g/mol. The van der Waals surface area contributed by atoms with Crippen molar-refractivity contribution in [1.29, 1.82) is 0 Å². The molecule has 3 rings (SSSR count). The summed E-state index contributed by atoms with van der Waals surface area (Å²) in [5.41, 5.74) is 0.0194. The van der Waals surface area contributed by atoms with Crippen molar-refractivity contribution in [2.45, 2.75) is 13.5 Å². The fraction of sp³-hybridized carbons (Fsp3) is 0.111. The number of benzene rings is 2. The number of rotatable bonds is 5. The van der Waals surface area contributed by atoms with Gasteiger partial charge in [0.1, 0.15) is 35.6 Å². The summed E-state index contributed by atoms with van der Waals surface area (Å²) in [5.74, 6) is -2.30. The summed E-state index contributed by atoms with van der Waals surface area (Å²) in [6, 6.07) is 8.26. The zero-order valence-corrected chi connectivity index (χ0v) is 13.6. The van der Waals surface area contributed by atoms with Crippen LogP contribution in [0.1, 0.15) is 21.8 Å². The summed E-state index contributed by atoms with van der Waals surface area (Å²) < 4.78 is 50.3. The van der Waals surface area contributed by atoms with Gasteiger partial charge in [0.25, 0.3) is 5.91 Å². The predicted octanol–water partition coefficient (Wildman–Crippen LogP) is 4.23. The molecular weight excluding hydrogens is 349 g/mol. The predicted molar refractivity (Wildman–Crippen MR) is 86.3 cm³/mol. The fourth-order valence-corrected chi connectivity index (χ4v) is 2.22. The number of nitrogens with one attached hydrogen (secondary N) is 1. The first-order chi connectivity index (χ1) is 12.4. The number of carbonyl (C=O) groups excluding carboxylic acids is 1. The number of aromatic nitrogens is 1.